The fourth-order valence-corrected chi connectivity index (χ4v) is 5.07. The van der Waals surface area contributed by atoms with Gasteiger partial charge < -0.3 is 10.2 Å². The van der Waals surface area contributed by atoms with Gasteiger partial charge in [-0.2, -0.15) is 0 Å². The molecule has 1 fully saturated rings. The third-order valence-corrected chi connectivity index (χ3v) is 6.74. The summed E-state index contributed by atoms with van der Waals surface area (Å²) in [7, 11) is 4.13. The molecule has 0 saturated heterocycles. The predicted octanol–water partition coefficient (Wildman–Crippen LogP) is 3.78. The number of nitrogens with zero attached hydrogens (tertiary/aromatic N) is 3. The number of hydrogen-bond donors (Lipinski definition) is 2. The Bertz CT molecular complexity index is 721. The zero-order valence-electron chi connectivity index (χ0n) is 16.9. The molecule has 3 N–H and O–H groups in total. The van der Waals surface area contributed by atoms with Crippen molar-refractivity contribution in [3.05, 3.63) is 34.3 Å². The largest absolute Gasteiger partial charge is 0.366 e. The second kappa shape index (κ2) is 8.41. The highest BCUT2D eigenvalue weighted by Crippen LogP contribution is 2.43. The molecule has 0 spiro atoms. The Hall–Kier alpha value is -1.24. The van der Waals surface area contributed by atoms with Crippen LogP contribution in [0.15, 0.2) is 38.7 Å². The zero-order valence-corrected chi connectivity index (χ0v) is 18.5. The van der Waals surface area contributed by atoms with Crippen molar-refractivity contribution >= 4 is 27.5 Å². The summed E-state index contributed by atoms with van der Waals surface area (Å²) in [6.07, 6.45) is 4.28. The third kappa shape index (κ3) is 4.44. The minimum atomic E-state index is -0.460. The van der Waals surface area contributed by atoms with E-state index in [2.05, 4.69) is 88.3 Å². The van der Waals surface area contributed by atoms with Crippen molar-refractivity contribution in [3.8, 4) is 0 Å². The maximum absolute atomic E-state index is 6.02. The Labute approximate surface area is 171 Å². The number of benzene rings is 1. The molecule has 1 heterocycles. The first-order valence-electron chi connectivity index (χ1n) is 9.84. The second-order valence-corrected chi connectivity index (χ2v) is 9.15. The lowest BCUT2D eigenvalue weighted by atomic mass is 9.65. The van der Waals surface area contributed by atoms with Crippen LogP contribution in [-0.4, -0.2) is 42.9 Å². The first-order valence-corrected chi connectivity index (χ1v) is 10.6. The van der Waals surface area contributed by atoms with Gasteiger partial charge in [0.2, 0.25) is 0 Å². The molecule has 0 amide bonds. The van der Waals surface area contributed by atoms with Crippen LogP contribution >= 0.6 is 15.9 Å². The minimum absolute atomic E-state index is 0.116. The van der Waals surface area contributed by atoms with Gasteiger partial charge in [-0.25, -0.2) is 4.99 Å². The monoisotopic (exact) mass is 433 g/mol. The van der Waals surface area contributed by atoms with E-state index in [0.717, 1.165) is 22.6 Å². The molecule has 27 heavy (non-hydrogen) atoms. The lowest BCUT2D eigenvalue weighted by Gasteiger charge is -2.46. The van der Waals surface area contributed by atoms with Crippen LogP contribution in [0.25, 0.3) is 0 Å². The van der Waals surface area contributed by atoms with Crippen LogP contribution in [0.4, 0.5) is 0 Å². The van der Waals surface area contributed by atoms with E-state index in [1.165, 1.54) is 31.2 Å². The number of nitrogens with two attached hydrogens (primary N) is 1. The van der Waals surface area contributed by atoms with Gasteiger partial charge in [0, 0.05) is 36.9 Å². The van der Waals surface area contributed by atoms with Crippen LogP contribution in [0.3, 0.4) is 0 Å². The van der Waals surface area contributed by atoms with Crippen molar-refractivity contribution in [2.75, 3.05) is 14.1 Å². The lowest BCUT2D eigenvalue weighted by molar-refractivity contribution is 0.219. The van der Waals surface area contributed by atoms with Crippen molar-refractivity contribution in [1.82, 2.24) is 10.2 Å². The van der Waals surface area contributed by atoms with Crippen molar-refractivity contribution < 1.29 is 0 Å². The Balaban J connectivity index is 1.62. The summed E-state index contributed by atoms with van der Waals surface area (Å²) in [6, 6.07) is 9.10. The molecule has 0 radical (unpaired) electrons. The number of amidine groups is 1. The van der Waals surface area contributed by atoms with Gasteiger partial charge in [0.1, 0.15) is 5.84 Å². The maximum atomic E-state index is 6.02. The summed E-state index contributed by atoms with van der Waals surface area (Å²) in [5.74, 6) is 1.63. The normalized spacial score (nSPS) is 31.3. The molecule has 3 rings (SSSR count). The molecule has 2 unspecified atom stereocenters. The number of hydrogen-bond acceptors (Lipinski definition) is 5. The average Bonchev–Trinajstić information content (AvgIpc) is 2.63. The standard InChI is InChI=1S/C21H32BrN5/c1-14-21(2,19(27(3)4)26-20(23)25-14)16-8-10-18(11-9-16)24-13-15-6-5-7-17(22)12-15/h5-7,12,16,18,20,24H,8-11,13,23H2,1-4H3. The summed E-state index contributed by atoms with van der Waals surface area (Å²) < 4.78 is 1.14. The van der Waals surface area contributed by atoms with Crippen LogP contribution < -0.4 is 11.1 Å². The summed E-state index contributed by atoms with van der Waals surface area (Å²) in [5, 5.41) is 3.74. The van der Waals surface area contributed by atoms with E-state index in [4.69, 9.17) is 5.73 Å². The number of halogens is 1. The van der Waals surface area contributed by atoms with Crippen LogP contribution in [0.5, 0.6) is 0 Å². The van der Waals surface area contributed by atoms with E-state index in [0.29, 0.717) is 12.0 Å². The first kappa shape index (κ1) is 20.5. The van der Waals surface area contributed by atoms with Crippen molar-refractivity contribution in [1.29, 1.82) is 0 Å². The van der Waals surface area contributed by atoms with Crippen LogP contribution in [-0.2, 0) is 6.54 Å². The molecule has 0 aromatic heterocycles. The van der Waals surface area contributed by atoms with Crippen LogP contribution in [0.1, 0.15) is 45.1 Å². The summed E-state index contributed by atoms with van der Waals surface area (Å²) in [5.41, 5.74) is 8.35. The van der Waals surface area contributed by atoms with E-state index in [1.807, 2.05) is 0 Å². The van der Waals surface area contributed by atoms with Crippen LogP contribution in [0.2, 0.25) is 0 Å². The molecule has 6 heteroatoms. The van der Waals surface area contributed by atoms with E-state index in [1.54, 1.807) is 0 Å². The molecule has 1 aromatic rings. The van der Waals surface area contributed by atoms with Gasteiger partial charge in [0.15, 0.2) is 6.29 Å². The zero-order chi connectivity index (χ0) is 19.6. The Kier molecular flexibility index (Phi) is 6.39. The lowest BCUT2D eigenvalue weighted by Crippen LogP contribution is -2.53. The van der Waals surface area contributed by atoms with Gasteiger partial charge in [-0.15, -0.1) is 0 Å². The summed E-state index contributed by atoms with van der Waals surface area (Å²) in [4.78, 5) is 11.4. The van der Waals surface area contributed by atoms with Gasteiger partial charge in [-0.3, -0.25) is 10.7 Å². The Morgan fingerprint density at radius 2 is 1.93 bits per heavy atom. The fraction of sp³-hybridized carbons (Fsp3) is 0.619. The van der Waals surface area contributed by atoms with E-state index in [-0.39, 0.29) is 5.41 Å². The predicted molar refractivity (Wildman–Crippen MR) is 117 cm³/mol. The van der Waals surface area contributed by atoms with Crippen LogP contribution in [0, 0.1) is 11.3 Å². The second-order valence-electron chi connectivity index (χ2n) is 8.24. The fourth-order valence-electron chi connectivity index (χ4n) is 4.62. The molecule has 5 nitrogen and oxygen atoms in total. The molecule has 1 aliphatic heterocycles. The topological polar surface area (TPSA) is 66.0 Å². The molecular formula is C21H32BrN5. The first-order chi connectivity index (χ1) is 12.8. The van der Waals surface area contributed by atoms with Gasteiger partial charge in [0.05, 0.1) is 5.41 Å². The summed E-state index contributed by atoms with van der Waals surface area (Å²) in [6.45, 7) is 5.35. The van der Waals surface area contributed by atoms with Gasteiger partial charge in [-0.1, -0.05) is 28.1 Å². The van der Waals surface area contributed by atoms with Crippen molar-refractivity contribution in [2.24, 2.45) is 27.1 Å². The highest BCUT2D eigenvalue weighted by molar-refractivity contribution is 9.10. The quantitative estimate of drug-likeness (QED) is 0.758. The molecule has 1 saturated carbocycles. The molecule has 0 bridgehead atoms. The smallest absolute Gasteiger partial charge is 0.193 e. The molecule has 2 atom stereocenters. The number of rotatable bonds is 4. The molecular weight excluding hydrogens is 402 g/mol. The van der Waals surface area contributed by atoms with Gasteiger partial charge >= 0.3 is 0 Å². The Morgan fingerprint density at radius 1 is 1.22 bits per heavy atom. The molecule has 1 aliphatic carbocycles. The molecule has 1 aromatic carbocycles. The van der Waals surface area contributed by atoms with Gasteiger partial charge in [-0.05, 0) is 63.1 Å². The van der Waals surface area contributed by atoms with E-state index < -0.39 is 6.29 Å². The number of aliphatic imine (C=N–C) groups is 2. The highest BCUT2D eigenvalue weighted by atomic mass is 79.9. The molecule has 2 aliphatic rings. The van der Waals surface area contributed by atoms with E-state index in [9.17, 15) is 0 Å². The highest BCUT2D eigenvalue weighted by Gasteiger charge is 2.46. The summed E-state index contributed by atoms with van der Waals surface area (Å²) >= 11 is 3.55. The van der Waals surface area contributed by atoms with Crippen molar-refractivity contribution in [2.45, 2.75) is 58.4 Å². The molecule has 148 valence electrons. The maximum Gasteiger partial charge on any atom is 0.193 e. The van der Waals surface area contributed by atoms with Crippen molar-refractivity contribution in [3.63, 3.8) is 0 Å². The Morgan fingerprint density at radius 3 is 2.56 bits per heavy atom. The van der Waals surface area contributed by atoms with Gasteiger partial charge in [0.25, 0.3) is 0 Å². The van der Waals surface area contributed by atoms with E-state index >= 15 is 0 Å². The number of nitrogens with one attached hydrogen (secondary N) is 1. The third-order valence-electron chi connectivity index (χ3n) is 6.25. The minimum Gasteiger partial charge on any atom is -0.366 e. The SMILES string of the molecule is CC1=NC(N)N=C(N(C)C)C1(C)C1CCC(NCc2cccc(Br)c2)CC1. The average molecular weight is 434 g/mol.